The summed E-state index contributed by atoms with van der Waals surface area (Å²) in [4.78, 5) is 0. The van der Waals surface area contributed by atoms with Crippen molar-refractivity contribution >= 4 is 10.8 Å². The van der Waals surface area contributed by atoms with E-state index in [1.54, 1.807) is 0 Å². The minimum Gasteiger partial charge on any atom is -0.203 e. The lowest BCUT2D eigenvalue weighted by molar-refractivity contribution is -0.338. The van der Waals surface area contributed by atoms with Crippen molar-refractivity contribution in [3.63, 3.8) is 0 Å². The quantitative estimate of drug-likeness (QED) is 0.259. The molecule has 0 saturated carbocycles. The largest absolute Gasteiger partial charge is 0.378 e. The average Bonchev–Trinajstić information content (AvgIpc) is 2.74. The van der Waals surface area contributed by atoms with E-state index in [0.29, 0.717) is 6.07 Å². The van der Waals surface area contributed by atoms with Crippen LogP contribution in [0.3, 0.4) is 0 Å². The second-order valence-corrected chi connectivity index (χ2v) is 7.68. The lowest BCUT2D eigenvalue weighted by Gasteiger charge is -2.34. The zero-order valence-corrected chi connectivity index (χ0v) is 17.1. The van der Waals surface area contributed by atoms with Crippen molar-refractivity contribution in [1.29, 1.82) is 0 Å². The van der Waals surface area contributed by atoms with Crippen LogP contribution in [0.2, 0.25) is 0 Å². The lowest BCUT2D eigenvalue weighted by Crippen LogP contribution is -2.59. The Morgan fingerprint density at radius 1 is 0.528 bits per heavy atom. The number of rotatable bonds is 10. The molecule has 0 aliphatic heterocycles. The van der Waals surface area contributed by atoms with Gasteiger partial charge in [-0.3, -0.25) is 0 Å². The van der Waals surface area contributed by atoms with E-state index in [1.807, 2.05) is 0 Å². The third-order valence-corrected chi connectivity index (χ3v) is 5.25. The molecule has 0 nitrogen and oxygen atoms in total. The predicted molar refractivity (Wildman–Crippen MR) is 93.0 cm³/mol. The molecule has 0 spiro atoms. The molecule has 204 valence electrons. The molecule has 0 heterocycles. The van der Waals surface area contributed by atoms with Gasteiger partial charge in [-0.25, -0.2) is 17.6 Å². The summed E-state index contributed by atoms with van der Waals surface area (Å²) in [7, 11) is 0. The first-order chi connectivity index (χ1) is 16.0. The Morgan fingerprint density at radius 3 is 1.39 bits per heavy atom. The van der Waals surface area contributed by atoms with E-state index in [0.717, 1.165) is 24.3 Å². The van der Waals surface area contributed by atoms with Gasteiger partial charge < -0.3 is 0 Å². The van der Waals surface area contributed by atoms with Gasteiger partial charge in [0.1, 0.15) is 0 Å². The molecule has 0 fully saturated rings. The smallest absolute Gasteiger partial charge is 0.203 e. The van der Waals surface area contributed by atoms with E-state index in [9.17, 15) is 70.2 Å². The summed E-state index contributed by atoms with van der Waals surface area (Å²) in [6.07, 6.45) is -16.1. The second-order valence-electron chi connectivity index (χ2n) is 7.68. The van der Waals surface area contributed by atoms with Crippen LogP contribution in [0.5, 0.6) is 0 Å². The van der Waals surface area contributed by atoms with Crippen LogP contribution in [0.25, 0.3) is 10.8 Å². The molecule has 0 amide bonds. The first-order valence-corrected chi connectivity index (χ1v) is 9.37. The van der Waals surface area contributed by atoms with Crippen LogP contribution in [-0.2, 0) is 12.8 Å². The van der Waals surface area contributed by atoms with E-state index in [4.69, 9.17) is 0 Å². The van der Waals surface area contributed by atoms with Gasteiger partial charge in [0.15, 0.2) is 0 Å². The Balaban J connectivity index is 2.69. The van der Waals surface area contributed by atoms with Crippen molar-refractivity contribution in [2.45, 2.75) is 61.2 Å². The minimum atomic E-state index is -6.81. The fourth-order valence-electron chi connectivity index (χ4n) is 3.20. The highest BCUT2D eigenvalue weighted by atomic mass is 19.4. The molecule has 0 unspecified atom stereocenters. The van der Waals surface area contributed by atoms with Crippen LogP contribution in [0.4, 0.5) is 70.2 Å². The third-order valence-electron chi connectivity index (χ3n) is 5.25. The monoisotopic (exact) mass is 556 g/mol. The average molecular weight is 556 g/mol. The molecule has 0 aliphatic carbocycles. The molecular weight excluding hydrogens is 544 g/mol. The zero-order chi connectivity index (χ0) is 28.1. The van der Waals surface area contributed by atoms with Crippen molar-refractivity contribution in [2.75, 3.05) is 0 Å². The summed E-state index contributed by atoms with van der Waals surface area (Å²) in [5.74, 6) is -39.1. The molecule has 0 N–H and O–H groups in total. The molecule has 36 heavy (non-hydrogen) atoms. The van der Waals surface area contributed by atoms with E-state index in [2.05, 4.69) is 0 Å². The molecule has 0 aliphatic rings. The van der Waals surface area contributed by atoms with Gasteiger partial charge in [0.2, 0.25) is 0 Å². The molecule has 0 radical (unpaired) electrons. The highest BCUT2D eigenvalue weighted by molar-refractivity contribution is 5.87. The number of alkyl halides is 16. The molecule has 2 aromatic rings. The molecule has 2 aromatic carbocycles. The van der Waals surface area contributed by atoms with Crippen molar-refractivity contribution in [3.8, 4) is 0 Å². The number of hydrogen-bond donors (Lipinski definition) is 0. The number of hydrogen-bond acceptors (Lipinski definition) is 0. The molecule has 0 bridgehead atoms. The summed E-state index contributed by atoms with van der Waals surface area (Å²) >= 11 is 0. The highest BCUT2D eigenvalue weighted by Gasteiger charge is 2.76. The normalized spacial score (nSPS) is 14.8. The van der Waals surface area contributed by atoms with Gasteiger partial charge in [-0.1, -0.05) is 36.4 Å². The van der Waals surface area contributed by atoms with Crippen molar-refractivity contribution in [2.24, 2.45) is 0 Å². The summed E-state index contributed by atoms with van der Waals surface area (Å²) in [6.45, 7) is 0. The number of benzene rings is 2. The molecule has 0 saturated heterocycles. The first-order valence-electron chi connectivity index (χ1n) is 9.37. The van der Waals surface area contributed by atoms with Crippen molar-refractivity contribution in [3.05, 3.63) is 47.5 Å². The molecule has 0 aromatic heterocycles. The van der Waals surface area contributed by atoms with Crippen LogP contribution in [-0.4, -0.2) is 48.4 Å². The predicted octanol–water partition coefficient (Wildman–Crippen LogP) is 8.27. The van der Waals surface area contributed by atoms with Gasteiger partial charge >= 0.3 is 48.4 Å². The van der Waals surface area contributed by atoms with Gasteiger partial charge in [0.25, 0.3) is 0 Å². The fraction of sp³-hybridized carbons (Fsp3) is 0.500. The summed E-state index contributed by atoms with van der Waals surface area (Å²) in [5.41, 5.74) is -3.00. The Labute approximate surface area is 190 Å². The van der Waals surface area contributed by atoms with Gasteiger partial charge in [0.05, 0.1) is 0 Å². The van der Waals surface area contributed by atoms with Gasteiger partial charge in [-0.2, -0.15) is 52.7 Å². The first kappa shape index (κ1) is 29.8. The van der Waals surface area contributed by atoms with E-state index >= 15 is 0 Å². The summed E-state index contributed by atoms with van der Waals surface area (Å²) in [5, 5.41) is -0.963. The molecular formula is C20H12F16. The van der Waals surface area contributed by atoms with Crippen LogP contribution in [0.15, 0.2) is 36.4 Å². The maximum Gasteiger partial charge on any atom is 0.378 e. The Hall–Kier alpha value is -2.42. The Bertz CT molecular complexity index is 1070. The van der Waals surface area contributed by atoms with Gasteiger partial charge in [-0.15, -0.1) is 0 Å². The molecule has 2 rings (SSSR count). The highest BCUT2D eigenvalue weighted by Crippen LogP contribution is 2.52. The number of fused-ring (bicyclic) bond motifs is 1. The van der Waals surface area contributed by atoms with Crippen LogP contribution >= 0.6 is 0 Å². The van der Waals surface area contributed by atoms with Crippen LogP contribution in [0, 0.1) is 0 Å². The fourth-order valence-corrected chi connectivity index (χ4v) is 3.20. The maximum absolute atomic E-state index is 14.3. The van der Waals surface area contributed by atoms with Crippen LogP contribution < -0.4 is 0 Å². The summed E-state index contributed by atoms with van der Waals surface area (Å²) in [6, 6.07) is 4.97. The summed E-state index contributed by atoms with van der Waals surface area (Å²) < 4.78 is 214. The van der Waals surface area contributed by atoms with Crippen LogP contribution in [0.1, 0.15) is 11.1 Å². The standard InChI is InChI=1S/C20H12F16/c21-13(22)17(29,30)19(33,34)15(25,26)7-10-6-5-9-3-1-2-4-11(9)12(10)8-16(27,28)20(35,36)18(31,32)14(23)24/h1-6,13-14H,7-8H2. The number of halogens is 16. The van der Waals surface area contributed by atoms with E-state index in [1.165, 1.54) is 6.07 Å². The second kappa shape index (κ2) is 9.15. The van der Waals surface area contributed by atoms with Gasteiger partial charge in [-0.05, 0) is 21.9 Å². The third kappa shape index (κ3) is 4.66. The molecule has 0 atom stereocenters. The Kier molecular flexibility index (Phi) is 7.58. The van der Waals surface area contributed by atoms with E-state index < -0.39 is 77.7 Å². The molecule has 16 heteroatoms. The Morgan fingerprint density at radius 2 is 0.944 bits per heavy atom. The van der Waals surface area contributed by atoms with Crippen molar-refractivity contribution in [1.82, 2.24) is 0 Å². The lowest BCUT2D eigenvalue weighted by atomic mass is 9.87. The maximum atomic E-state index is 14.3. The topological polar surface area (TPSA) is 0 Å². The van der Waals surface area contributed by atoms with E-state index in [-0.39, 0.29) is 5.39 Å². The SMILES string of the molecule is FC(F)C(F)(F)C(F)(F)C(F)(F)Cc1ccc2ccccc2c1CC(F)(F)C(F)(F)C(F)(F)C(F)F. The van der Waals surface area contributed by atoms with Gasteiger partial charge in [0, 0.05) is 12.8 Å². The zero-order valence-electron chi connectivity index (χ0n) is 17.1. The van der Waals surface area contributed by atoms with Crippen molar-refractivity contribution < 1.29 is 70.2 Å². The minimum absolute atomic E-state index is 0.246.